The summed E-state index contributed by atoms with van der Waals surface area (Å²) in [5.74, 6) is 0.882. The van der Waals surface area contributed by atoms with Gasteiger partial charge in [-0.05, 0) is 30.3 Å². The number of nitrogens with zero attached hydrogens (tertiary/aromatic N) is 1. The fourth-order valence-electron chi connectivity index (χ4n) is 4.96. The first-order chi connectivity index (χ1) is 16.5. The standard InChI is InChI=1S/C28H21NO5/c1-29-15-16(17-7-3-5-9-21(17)29)13-24-27(31)19-11-12-23-26(28(19)34-24)20(14-25(30)33-23)18-8-4-6-10-22(18)32-2/h3-13,15,20H,14H2,1-2H3/b24-13-/t20-/m0/s1. The summed E-state index contributed by atoms with van der Waals surface area (Å²) in [6.45, 7) is 0. The van der Waals surface area contributed by atoms with Crippen molar-refractivity contribution in [3.8, 4) is 17.2 Å². The number of methoxy groups -OCH3 is 1. The second kappa shape index (κ2) is 7.63. The molecule has 0 aliphatic carbocycles. The number of ketones is 1. The number of fused-ring (bicyclic) bond motifs is 4. The Morgan fingerprint density at radius 2 is 1.79 bits per heavy atom. The van der Waals surface area contributed by atoms with Crippen molar-refractivity contribution in [1.82, 2.24) is 4.57 Å². The molecule has 6 rings (SSSR count). The van der Waals surface area contributed by atoms with E-state index in [-0.39, 0.29) is 29.9 Å². The van der Waals surface area contributed by atoms with Crippen LogP contribution in [-0.4, -0.2) is 23.4 Å². The minimum absolute atomic E-state index is 0.129. The third-order valence-corrected chi connectivity index (χ3v) is 6.51. The van der Waals surface area contributed by atoms with Gasteiger partial charge < -0.3 is 18.8 Å². The average molecular weight is 451 g/mol. The first-order valence-corrected chi connectivity index (χ1v) is 11.0. The first kappa shape index (κ1) is 20.3. The molecule has 0 amide bonds. The van der Waals surface area contributed by atoms with Gasteiger partial charge in [0.15, 0.2) is 5.76 Å². The van der Waals surface area contributed by atoms with Crippen LogP contribution in [0.3, 0.4) is 0 Å². The van der Waals surface area contributed by atoms with Gasteiger partial charge in [0.1, 0.15) is 17.2 Å². The van der Waals surface area contributed by atoms with Crippen LogP contribution in [0.25, 0.3) is 17.0 Å². The van der Waals surface area contributed by atoms with Gasteiger partial charge in [-0.2, -0.15) is 0 Å². The summed E-state index contributed by atoms with van der Waals surface area (Å²) in [4.78, 5) is 25.7. The van der Waals surface area contributed by atoms with Gasteiger partial charge in [-0.15, -0.1) is 0 Å². The van der Waals surface area contributed by atoms with Crippen LogP contribution in [0.1, 0.15) is 39.4 Å². The molecule has 1 aromatic heterocycles. The normalized spacial score (nSPS) is 17.9. The predicted octanol–water partition coefficient (Wildman–Crippen LogP) is 5.24. The number of esters is 1. The second-order valence-corrected chi connectivity index (χ2v) is 8.48. The lowest BCUT2D eigenvalue weighted by molar-refractivity contribution is -0.135. The number of aromatic nitrogens is 1. The zero-order valence-electron chi connectivity index (χ0n) is 18.7. The number of allylic oxidation sites excluding steroid dienone is 1. The summed E-state index contributed by atoms with van der Waals surface area (Å²) in [7, 11) is 3.57. The van der Waals surface area contributed by atoms with E-state index in [4.69, 9.17) is 14.2 Å². The molecule has 6 nitrogen and oxygen atoms in total. The fourth-order valence-corrected chi connectivity index (χ4v) is 4.96. The summed E-state index contributed by atoms with van der Waals surface area (Å²) in [5.41, 5.74) is 3.96. The zero-order chi connectivity index (χ0) is 23.4. The summed E-state index contributed by atoms with van der Waals surface area (Å²) in [6, 6.07) is 18.9. The van der Waals surface area contributed by atoms with E-state index in [1.54, 1.807) is 25.3 Å². The van der Waals surface area contributed by atoms with Gasteiger partial charge in [-0.25, -0.2) is 0 Å². The van der Waals surface area contributed by atoms with E-state index in [0.717, 1.165) is 22.0 Å². The molecule has 3 heterocycles. The van der Waals surface area contributed by atoms with E-state index in [0.29, 0.717) is 28.4 Å². The van der Waals surface area contributed by atoms with Crippen LogP contribution in [0.2, 0.25) is 0 Å². The zero-order valence-corrected chi connectivity index (χ0v) is 18.7. The van der Waals surface area contributed by atoms with E-state index in [1.165, 1.54) is 0 Å². The second-order valence-electron chi connectivity index (χ2n) is 8.48. The Hall–Kier alpha value is -4.32. The van der Waals surface area contributed by atoms with Gasteiger partial charge >= 0.3 is 5.97 Å². The minimum Gasteiger partial charge on any atom is -0.496 e. The van der Waals surface area contributed by atoms with Gasteiger partial charge in [0.2, 0.25) is 5.78 Å². The maximum atomic E-state index is 13.3. The molecule has 0 bridgehead atoms. The lowest BCUT2D eigenvalue weighted by atomic mass is 9.84. The molecule has 0 saturated carbocycles. The predicted molar refractivity (Wildman–Crippen MR) is 127 cm³/mol. The quantitative estimate of drug-likeness (QED) is 0.242. The Kier molecular flexibility index (Phi) is 4.55. The molecule has 0 radical (unpaired) electrons. The molecule has 0 unspecified atom stereocenters. The molecule has 0 N–H and O–H groups in total. The maximum Gasteiger partial charge on any atom is 0.312 e. The Labute approximate surface area is 196 Å². The van der Waals surface area contributed by atoms with E-state index in [1.807, 2.05) is 66.3 Å². The molecule has 2 aliphatic rings. The Balaban J connectivity index is 1.49. The van der Waals surface area contributed by atoms with Crippen molar-refractivity contribution in [2.75, 3.05) is 7.11 Å². The van der Waals surface area contributed by atoms with Crippen LogP contribution in [0.4, 0.5) is 0 Å². The van der Waals surface area contributed by atoms with Crippen molar-refractivity contribution in [2.24, 2.45) is 7.05 Å². The van der Waals surface area contributed by atoms with Crippen LogP contribution in [0, 0.1) is 0 Å². The number of hydrogen-bond acceptors (Lipinski definition) is 5. The largest absolute Gasteiger partial charge is 0.496 e. The highest BCUT2D eigenvalue weighted by Crippen LogP contribution is 2.50. The SMILES string of the molecule is COc1ccccc1[C@@H]1CC(=O)Oc2ccc3c(c21)O/C(=C\c1cn(C)c2ccccc12)C3=O. The highest BCUT2D eigenvalue weighted by Gasteiger charge is 2.39. The molecule has 6 heteroatoms. The smallest absolute Gasteiger partial charge is 0.312 e. The van der Waals surface area contributed by atoms with Crippen LogP contribution in [-0.2, 0) is 11.8 Å². The van der Waals surface area contributed by atoms with E-state index >= 15 is 0 Å². The van der Waals surface area contributed by atoms with Crippen molar-refractivity contribution in [2.45, 2.75) is 12.3 Å². The molecule has 4 aromatic rings. The topological polar surface area (TPSA) is 66.8 Å². The summed E-state index contributed by atoms with van der Waals surface area (Å²) < 4.78 is 19.3. The Morgan fingerprint density at radius 3 is 2.65 bits per heavy atom. The molecule has 3 aromatic carbocycles. The number of para-hydroxylation sites is 2. The third kappa shape index (κ3) is 3.03. The number of hydrogen-bond donors (Lipinski definition) is 0. The van der Waals surface area contributed by atoms with Gasteiger partial charge in [0, 0.05) is 46.8 Å². The lowest BCUT2D eigenvalue weighted by Gasteiger charge is -2.27. The Morgan fingerprint density at radius 1 is 1.00 bits per heavy atom. The van der Waals surface area contributed by atoms with Crippen LogP contribution in [0.5, 0.6) is 17.2 Å². The highest BCUT2D eigenvalue weighted by atomic mass is 16.5. The van der Waals surface area contributed by atoms with Gasteiger partial charge in [0.05, 0.1) is 19.1 Å². The lowest BCUT2D eigenvalue weighted by Crippen LogP contribution is -2.22. The van der Waals surface area contributed by atoms with Gasteiger partial charge in [0.25, 0.3) is 0 Å². The minimum atomic E-state index is -0.355. The number of rotatable bonds is 3. The Bertz CT molecular complexity index is 1530. The number of ether oxygens (including phenoxy) is 3. The summed E-state index contributed by atoms with van der Waals surface area (Å²) in [5, 5.41) is 1.03. The fraction of sp³-hybridized carbons (Fsp3) is 0.143. The first-order valence-electron chi connectivity index (χ1n) is 11.0. The number of carbonyl (C=O) groups is 2. The number of aryl methyl sites for hydroxylation is 1. The maximum absolute atomic E-state index is 13.3. The summed E-state index contributed by atoms with van der Waals surface area (Å²) >= 11 is 0. The van der Waals surface area contributed by atoms with Gasteiger partial charge in [-0.1, -0.05) is 36.4 Å². The molecule has 0 spiro atoms. The van der Waals surface area contributed by atoms with E-state index < -0.39 is 0 Å². The van der Waals surface area contributed by atoms with E-state index in [9.17, 15) is 9.59 Å². The van der Waals surface area contributed by atoms with Crippen molar-refractivity contribution >= 4 is 28.7 Å². The van der Waals surface area contributed by atoms with Crippen LogP contribution >= 0.6 is 0 Å². The monoisotopic (exact) mass is 451 g/mol. The number of benzene rings is 3. The number of carbonyl (C=O) groups excluding carboxylic acids is 2. The van der Waals surface area contributed by atoms with Crippen molar-refractivity contribution < 1.29 is 23.8 Å². The highest BCUT2D eigenvalue weighted by molar-refractivity contribution is 6.15. The molecule has 0 saturated heterocycles. The third-order valence-electron chi connectivity index (χ3n) is 6.51. The van der Waals surface area contributed by atoms with Crippen molar-refractivity contribution in [3.05, 3.63) is 94.9 Å². The van der Waals surface area contributed by atoms with Crippen molar-refractivity contribution in [3.63, 3.8) is 0 Å². The van der Waals surface area contributed by atoms with Gasteiger partial charge in [-0.3, -0.25) is 9.59 Å². The van der Waals surface area contributed by atoms with Crippen LogP contribution in [0.15, 0.2) is 72.6 Å². The molecular formula is C28H21NO5. The van der Waals surface area contributed by atoms with E-state index in [2.05, 4.69) is 0 Å². The molecule has 34 heavy (non-hydrogen) atoms. The molecule has 168 valence electrons. The molecule has 2 aliphatic heterocycles. The summed E-state index contributed by atoms with van der Waals surface area (Å²) in [6.07, 6.45) is 3.89. The molecule has 0 fully saturated rings. The molecule has 1 atom stereocenters. The van der Waals surface area contributed by atoms with Crippen LogP contribution < -0.4 is 14.2 Å². The van der Waals surface area contributed by atoms with Crippen molar-refractivity contribution in [1.29, 1.82) is 0 Å². The number of Topliss-reactive ketones (excluding diaryl/α,β-unsaturated/α-hetero) is 1. The average Bonchev–Trinajstić information content (AvgIpc) is 3.35. The molecular weight excluding hydrogens is 430 g/mol.